The standard InChI is InChI=1S/C12H9Br2ClN2/c13-9-1-3-11(15)8(5-9)6-16-10-2-4-12(14)17-7-10/h1-5,7,16H,6H2. The summed E-state index contributed by atoms with van der Waals surface area (Å²) in [6.07, 6.45) is 1.77. The Labute approximate surface area is 122 Å². The lowest BCUT2D eigenvalue weighted by Crippen LogP contribution is -2.00. The minimum Gasteiger partial charge on any atom is -0.380 e. The molecule has 1 heterocycles. The van der Waals surface area contributed by atoms with Gasteiger partial charge in [-0.05, 0) is 51.8 Å². The fraction of sp³-hybridized carbons (Fsp3) is 0.0833. The van der Waals surface area contributed by atoms with Gasteiger partial charge in [-0.2, -0.15) is 0 Å². The number of halogens is 3. The molecule has 0 radical (unpaired) electrons. The zero-order chi connectivity index (χ0) is 12.3. The zero-order valence-corrected chi connectivity index (χ0v) is 12.7. The molecule has 2 nitrogen and oxygen atoms in total. The molecule has 1 aromatic carbocycles. The summed E-state index contributed by atoms with van der Waals surface area (Å²) in [6, 6.07) is 9.66. The summed E-state index contributed by atoms with van der Waals surface area (Å²) in [4.78, 5) is 4.14. The average molecular weight is 376 g/mol. The predicted molar refractivity (Wildman–Crippen MR) is 78.4 cm³/mol. The molecular formula is C12H9Br2ClN2. The third kappa shape index (κ3) is 3.69. The Hall–Kier alpha value is -0.580. The van der Waals surface area contributed by atoms with Crippen LogP contribution in [0.3, 0.4) is 0 Å². The summed E-state index contributed by atoms with van der Waals surface area (Å²) in [6.45, 7) is 0.668. The summed E-state index contributed by atoms with van der Waals surface area (Å²) >= 11 is 12.8. The fourth-order valence-electron chi connectivity index (χ4n) is 1.36. The zero-order valence-electron chi connectivity index (χ0n) is 8.75. The Morgan fingerprint density at radius 3 is 2.71 bits per heavy atom. The van der Waals surface area contributed by atoms with E-state index in [0.29, 0.717) is 6.54 Å². The molecule has 0 fully saturated rings. The van der Waals surface area contributed by atoms with E-state index in [1.54, 1.807) is 6.20 Å². The Morgan fingerprint density at radius 1 is 1.18 bits per heavy atom. The lowest BCUT2D eigenvalue weighted by atomic mass is 10.2. The Bertz CT molecular complexity index is 514. The van der Waals surface area contributed by atoms with Crippen LogP contribution < -0.4 is 5.32 Å². The van der Waals surface area contributed by atoms with Crippen molar-refractivity contribution in [3.05, 3.63) is 56.2 Å². The van der Waals surface area contributed by atoms with Gasteiger partial charge in [0.15, 0.2) is 0 Å². The van der Waals surface area contributed by atoms with Gasteiger partial charge in [0.2, 0.25) is 0 Å². The van der Waals surface area contributed by atoms with Crippen LogP contribution in [-0.2, 0) is 6.54 Å². The maximum absolute atomic E-state index is 6.10. The Balaban J connectivity index is 2.07. The van der Waals surface area contributed by atoms with Gasteiger partial charge < -0.3 is 5.32 Å². The quantitative estimate of drug-likeness (QED) is 0.773. The molecule has 5 heteroatoms. The van der Waals surface area contributed by atoms with Crippen LogP contribution >= 0.6 is 43.5 Å². The molecule has 0 bridgehead atoms. The second kappa shape index (κ2) is 5.85. The molecule has 88 valence electrons. The van der Waals surface area contributed by atoms with Gasteiger partial charge in [0, 0.05) is 16.0 Å². The van der Waals surface area contributed by atoms with Crippen molar-refractivity contribution >= 4 is 49.1 Å². The van der Waals surface area contributed by atoms with E-state index < -0.39 is 0 Å². The Morgan fingerprint density at radius 2 is 2.00 bits per heavy atom. The highest BCUT2D eigenvalue weighted by molar-refractivity contribution is 9.10. The van der Waals surface area contributed by atoms with Gasteiger partial charge in [-0.25, -0.2) is 4.98 Å². The molecule has 0 aliphatic rings. The number of hydrogen-bond donors (Lipinski definition) is 1. The van der Waals surface area contributed by atoms with Crippen LogP contribution in [0.15, 0.2) is 45.6 Å². The van der Waals surface area contributed by atoms with E-state index in [4.69, 9.17) is 11.6 Å². The number of benzene rings is 1. The van der Waals surface area contributed by atoms with E-state index in [9.17, 15) is 0 Å². The summed E-state index contributed by atoms with van der Waals surface area (Å²) in [5.41, 5.74) is 2.01. The second-order valence-corrected chi connectivity index (χ2v) is 5.59. The van der Waals surface area contributed by atoms with Gasteiger partial charge in [-0.1, -0.05) is 27.5 Å². The highest BCUT2D eigenvalue weighted by atomic mass is 79.9. The van der Waals surface area contributed by atoms with Crippen molar-refractivity contribution < 1.29 is 0 Å². The van der Waals surface area contributed by atoms with Gasteiger partial charge in [0.25, 0.3) is 0 Å². The van der Waals surface area contributed by atoms with Gasteiger partial charge in [0.1, 0.15) is 4.60 Å². The van der Waals surface area contributed by atoms with Crippen molar-refractivity contribution in [1.82, 2.24) is 4.98 Å². The second-order valence-electron chi connectivity index (χ2n) is 3.46. The van der Waals surface area contributed by atoms with Gasteiger partial charge in [0.05, 0.1) is 11.9 Å². The molecular weight excluding hydrogens is 367 g/mol. The average Bonchev–Trinajstić information content (AvgIpc) is 2.32. The van der Waals surface area contributed by atoms with Crippen molar-refractivity contribution in [3.63, 3.8) is 0 Å². The maximum Gasteiger partial charge on any atom is 0.106 e. The molecule has 0 saturated carbocycles. The monoisotopic (exact) mass is 374 g/mol. The van der Waals surface area contributed by atoms with Crippen LogP contribution in [0.1, 0.15) is 5.56 Å². The number of pyridine rings is 1. The van der Waals surface area contributed by atoms with Crippen molar-refractivity contribution in [1.29, 1.82) is 0 Å². The normalized spacial score (nSPS) is 10.3. The Kier molecular flexibility index (Phi) is 4.42. The van der Waals surface area contributed by atoms with Crippen molar-refractivity contribution in [3.8, 4) is 0 Å². The highest BCUT2D eigenvalue weighted by Crippen LogP contribution is 2.22. The number of rotatable bonds is 3. The molecule has 0 saturated heterocycles. The van der Waals surface area contributed by atoms with Crippen LogP contribution in [0, 0.1) is 0 Å². The van der Waals surface area contributed by atoms with Crippen LogP contribution in [0.25, 0.3) is 0 Å². The smallest absolute Gasteiger partial charge is 0.106 e. The number of nitrogens with zero attached hydrogens (tertiary/aromatic N) is 1. The van der Waals surface area contributed by atoms with E-state index in [1.807, 2.05) is 30.3 Å². The van der Waals surface area contributed by atoms with Crippen LogP contribution in [0.2, 0.25) is 5.02 Å². The lowest BCUT2D eigenvalue weighted by Gasteiger charge is -2.08. The SMILES string of the molecule is Clc1ccc(Br)cc1CNc1ccc(Br)nc1. The topological polar surface area (TPSA) is 24.9 Å². The lowest BCUT2D eigenvalue weighted by molar-refractivity contribution is 1.13. The summed E-state index contributed by atoms with van der Waals surface area (Å²) in [5.74, 6) is 0. The molecule has 2 rings (SSSR count). The van der Waals surface area contributed by atoms with Crippen LogP contribution in [0.4, 0.5) is 5.69 Å². The number of anilines is 1. The van der Waals surface area contributed by atoms with Crippen molar-refractivity contribution in [2.45, 2.75) is 6.54 Å². The first-order valence-corrected chi connectivity index (χ1v) is 6.91. The third-order valence-corrected chi connectivity index (χ3v) is 3.55. The first-order valence-electron chi connectivity index (χ1n) is 4.94. The van der Waals surface area contributed by atoms with E-state index in [2.05, 4.69) is 42.2 Å². The molecule has 0 aliphatic carbocycles. The molecule has 0 amide bonds. The van der Waals surface area contributed by atoms with Crippen molar-refractivity contribution in [2.75, 3.05) is 5.32 Å². The third-order valence-electron chi connectivity index (χ3n) is 2.22. The minimum atomic E-state index is 0.668. The number of hydrogen-bond acceptors (Lipinski definition) is 2. The van der Waals surface area contributed by atoms with Gasteiger partial charge in [-0.3, -0.25) is 0 Å². The number of aromatic nitrogens is 1. The molecule has 0 atom stereocenters. The minimum absolute atomic E-state index is 0.668. The van der Waals surface area contributed by atoms with Gasteiger partial charge >= 0.3 is 0 Å². The highest BCUT2D eigenvalue weighted by Gasteiger charge is 2.01. The first kappa shape index (κ1) is 12.9. The molecule has 0 aliphatic heterocycles. The van der Waals surface area contributed by atoms with Crippen LogP contribution in [0.5, 0.6) is 0 Å². The molecule has 17 heavy (non-hydrogen) atoms. The summed E-state index contributed by atoms with van der Waals surface area (Å²) < 4.78 is 1.84. The van der Waals surface area contributed by atoms with Crippen molar-refractivity contribution in [2.24, 2.45) is 0 Å². The molecule has 0 unspecified atom stereocenters. The van der Waals surface area contributed by atoms with Gasteiger partial charge in [-0.15, -0.1) is 0 Å². The number of nitrogens with one attached hydrogen (secondary N) is 1. The maximum atomic E-state index is 6.10. The first-order chi connectivity index (χ1) is 8.15. The summed E-state index contributed by atoms with van der Waals surface area (Å²) in [5, 5.41) is 4.02. The van der Waals surface area contributed by atoms with Crippen LogP contribution in [-0.4, -0.2) is 4.98 Å². The molecule has 2 aromatic rings. The van der Waals surface area contributed by atoms with E-state index in [-0.39, 0.29) is 0 Å². The summed E-state index contributed by atoms with van der Waals surface area (Å²) in [7, 11) is 0. The largest absolute Gasteiger partial charge is 0.380 e. The van der Waals surface area contributed by atoms with E-state index >= 15 is 0 Å². The fourth-order valence-corrected chi connectivity index (χ4v) is 2.18. The molecule has 1 N–H and O–H groups in total. The van der Waals surface area contributed by atoms with E-state index in [0.717, 1.165) is 25.3 Å². The molecule has 1 aromatic heterocycles. The predicted octanol–water partition coefficient (Wildman–Crippen LogP) is 4.87. The molecule has 0 spiro atoms. The van der Waals surface area contributed by atoms with E-state index in [1.165, 1.54) is 0 Å².